The molecule has 1 aromatic heterocycles. The Kier molecular flexibility index (Phi) is 4.12. The van der Waals surface area contributed by atoms with Crippen molar-refractivity contribution in [2.24, 2.45) is 0 Å². The summed E-state index contributed by atoms with van der Waals surface area (Å²) in [5.41, 5.74) is 0.985. The molecule has 2 aliphatic rings. The molecule has 0 N–H and O–H groups in total. The van der Waals surface area contributed by atoms with Crippen molar-refractivity contribution in [2.75, 3.05) is 50.1 Å². The smallest absolute Gasteiger partial charge is 0.359 e. The minimum absolute atomic E-state index is 0.134. The van der Waals surface area contributed by atoms with E-state index in [0.29, 0.717) is 34.5 Å². The van der Waals surface area contributed by atoms with Gasteiger partial charge in [0.05, 0.1) is 50.5 Å². The average molecular weight is 478 g/mol. The Labute approximate surface area is 163 Å². The van der Waals surface area contributed by atoms with Gasteiger partial charge in [-0.25, -0.2) is 12.0 Å². The first-order valence-electron chi connectivity index (χ1n) is 8.08. The van der Waals surface area contributed by atoms with Crippen LogP contribution in [-0.4, -0.2) is 59.0 Å². The standard InChI is InChI=1S/C16H18ClFIN5O/c1-8-11(17)13-10-14(12(8)18)22(3)7-9-6-21(2)4-5-23(9)15(10)20-16(25)24(13)19/h9H,4-7H2,1-3H3. The minimum Gasteiger partial charge on any atom is -0.369 e. The Morgan fingerprint density at radius 1 is 1.28 bits per heavy atom. The maximum absolute atomic E-state index is 15.2. The molecule has 1 saturated heterocycles. The van der Waals surface area contributed by atoms with E-state index in [4.69, 9.17) is 11.6 Å². The molecule has 1 unspecified atom stereocenters. The third-order valence-corrected chi connectivity index (χ3v) is 6.52. The summed E-state index contributed by atoms with van der Waals surface area (Å²) in [6.07, 6.45) is 0. The molecule has 1 aromatic carbocycles. The highest BCUT2D eigenvalue weighted by Gasteiger charge is 2.36. The quantitative estimate of drug-likeness (QED) is 0.545. The molecule has 2 aromatic rings. The number of hydrogen-bond acceptors (Lipinski definition) is 5. The van der Waals surface area contributed by atoms with Crippen molar-refractivity contribution in [1.82, 2.24) is 12.7 Å². The molecular formula is C16H18ClFIN5O. The molecule has 2 aliphatic heterocycles. The van der Waals surface area contributed by atoms with Crippen LogP contribution < -0.4 is 15.5 Å². The molecule has 0 radical (unpaired) electrons. The number of aromatic nitrogens is 2. The number of halogens is 3. The van der Waals surface area contributed by atoms with Crippen LogP contribution in [0.15, 0.2) is 4.79 Å². The van der Waals surface area contributed by atoms with Crippen LogP contribution in [0.3, 0.4) is 0 Å². The average Bonchev–Trinajstić information content (AvgIpc) is 2.67. The maximum Gasteiger partial charge on any atom is 0.359 e. The summed E-state index contributed by atoms with van der Waals surface area (Å²) in [7, 11) is 3.96. The van der Waals surface area contributed by atoms with E-state index in [-0.39, 0.29) is 22.6 Å². The topological polar surface area (TPSA) is 44.6 Å². The lowest BCUT2D eigenvalue weighted by atomic mass is 10.1. The van der Waals surface area contributed by atoms with Gasteiger partial charge in [0.1, 0.15) is 5.82 Å². The number of benzene rings is 1. The molecule has 1 atom stereocenters. The molecule has 0 saturated carbocycles. The van der Waals surface area contributed by atoms with Crippen molar-refractivity contribution in [3.63, 3.8) is 0 Å². The number of likely N-dealkylation sites (N-methyl/N-ethyl adjacent to an activating group) is 2. The van der Waals surface area contributed by atoms with Crippen LogP contribution in [0.5, 0.6) is 0 Å². The predicted molar refractivity (Wildman–Crippen MR) is 107 cm³/mol. The van der Waals surface area contributed by atoms with Crippen molar-refractivity contribution in [3.8, 4) is 0 Å². The molecule has 9 heteroatoms. The summed E-state index contributed by atoms with van der Waals surface area (Å²) in [5, 5.41) is 0.893. The fourth-order valence-electron chi connectivity index (χ4n) is 3.88. The summed E-state index contributed by atoms with van der Waals surface area (Å²) in [4.78, 5) is 23.1. The zero-order valence-electron chi connectivity index (χ0n) is 14.2. The van der Waals surface area contributed by atoms with Crippen molar-refractivity contribution >= 4 is 56.9 Å². The van der Waals surface area contributed by atoms with Crippen molar-refractivity contribution in [2.45, 2.75) is 13.0 Å². The Balaban J connectivity index is 2.15. The highest BCUT2D eigenvalue weighted by Crippen LogP contribution is 2.43. The number of rotatable bonds is 0. The summed E-state index contributed by atoms with van der Waals surface area (Å²) in [5.74, 6) is 0.206. The normalized spacial score (nSPS) is 20.8. The number of nitrogens with zero attached hydrogens (tertiary/aromatic N) is 5. The monoisotopic (exact) mass is 477 g/mol. The molecule has 1 fully saturated rings. The fourth-order valence-corrected chi connectivity index (χ4v) is 4.88. The first-order chi connectivity index (χ1) is 11.8. The largest absolute Gasteiger partial charge is 0.369 e. The zero-order valence-corrected chi connectivity index (χ0v) is 17.1. The first kappa shape index (κ1) is 17.3. The summed E-state index contributed by atoms with van der Waals surface area (Å²) in [6, 6.07) is 0.134. The highest BCUT2D eigenvalue weighted by atomic mass is 127. The Hall–Kier alpha value is -1.13. The van der Waals surface area contributed by atoms with Crippen molar-refractivity contribution in [1.29, 1.82) is 0 Å². The summed E-state index contributed by atoms with van der Waals surface area (Å²) in [6.45, 7) is 4.75. The Bertz CT molecular complexity index is 949. The van der Waals surface area contributed by atoms with E-state index in [0.717, 1.165) is 19.6 Å². The van der Waals surface area contributed by atoms with Gasteiger partial charge in [-0.2, -0.15) is 4.98 Å². The van der Waals surface area contributed by atoms with Crippen LogP contribution in [0.4, 0.5) is 15.9 Å². The lowest BCUT2D eigenvalue weighted by molar-refractivity contribution is 0.268. The second-order valence-corrected chi connectivity index (χ2v) is 8.16. The van der Waals surface area contributed by atoms with E-state index in [1.54, 1.807) is 6.92 Å². The van der Waals surface area contributed by atoms with Crippen LogP contribution in [0.25, 0.3) is 10.9 Å². The number of fused-ring (bicyclic) bond motifs is 2. The van der Waals surface area contributed by atoms with Crippen LogP contribution in [-0.2, 0) is 0 Å². The van der Waals surface area contributed by atoms with E-state index >= 15 is 4.39 Å². The Morgan fingerprint density at radius 2 is 2.00 bits per heavy atom. The van der Waals surface area contributed by atoms with E-state index in [1.807, 2.05) is 34.8 Å². The molecule has 134 valence electrons. The van der Waals surface area contributed by atoms with Crippen molar-refractivity contribution in [3.05, 3.63) is 26.9 Å². The molecular weight excluding hydrogens is 460 g/mol. The van der Waals surface area contributed by atoms with E-state index < -0.39 is 0 Å². The van der Waals surface area contributed by atoms with E-state index in [1.165, 1.54) is 2.78 Å². The van der Waals surface area contributed by atoms with Gasteiger partial charge < -0.3 is 14.7 Å². The van der Waals surface area contributed by atoms with Gasteiger partial charge in [-0.05, 0) is 14.0 Å². The maximum atomic E-state index is 15.2. The lowest BCUT2D eigenvalue weighted by Gasteiger charge is -2.40. The van der Waals surface area contributed by atoms with Crippen LogP contribution in [0.2, 0.25) is 5.02 Å². The van der Waals surface area contributed by atoms with Gasteiger partial charge in [-0.15, -0.1) is 0 Å². The van der Waals surface area contributed by atoms with Crippen LogP contribution >= 0.6 is 34.5 Å². The molecule has 0 spiro atoms. The first-order valence-corrected chi connectivity index (χ1v) is 9.42. The van der Waals surface area contributed by atoms with Crippen molar-refractivity contribution < 1.29 is 4.39 Å². The number of hydrogen-bond donors (Lipinski definition) is 0. The highest BCUT2D eigenvalue weighted by molar-refractivity contribution is 14.1. The number of anilines is 2. The third-order valence-electron chi connectivity index (χ3n) is 5.16. The second kappa shape index (κ2) is 5.95. The Morgan fingerprint density at radius 3 is 2.72 bits per heavy atom. The van der Waals surface area contributed by atoms with Gasteiger partial charge in [-0.3, -0.25) is 0 Å². The second-order valence-electron chi connectivity index (χ2n) is 6.81. The van der Waals surface area contributed by atoms with E-state index in [9.17, 15) is 4.79 Å². The van der Waals surface area contributed by atoms with Gasteiger partial charge in [0.25, 0.3) is 0 Å². The molecule has 0 aliphatic carbocycles. The fraction of sp³-hybridized carbons (Fsp3) is 0.500. The summed E-state index contributed by atoms with van der Waals surface area (Å²) >= 11 is 8.35. The van der Waals surface area contributed by atoms with Gasteiger partial charge in [0.15, 0.2) is 5.82 Å². The molecule has 3 heterocycles. The number of piperazine rings is 1. The minimum atomic E-state index is -0.385. The van der Waals surface area contributed by atoms with E-state index in [2.05, 4.69) is 21.8 Å². The van der Waals surface area contributed by atoms with Crippen LogP contribution in [0.1, 0.15) is 5.56 Å². The summed E-state index contributed by atoms with van der Waals surface area (Å²) < 4.78 is 16.5. The molecule has 4 rings (SSSR count). The zero-order chi connectivity index (χ0) is 18.0. The molecule has 6 nitrogen and oxygen atoms in total. The third kappa shape index (κ3) is 2.44. The SMILES string of the molecule is Cc1c(F)c2c3c(nc(=O)n(I)c3c1Cl)N1CCN(C)CC1CN2C. The predicted octanol–water partition coefficient (Wildman–Crippen LogP) is 2.27. The van der Waals surface area contributed by atoms with Gasteiger partial charge >= 0.3 is 5.69 Å². The van der Waals surface area contributed by atoms with Gasteiger partial charge in [-0.1, -0.05) is 11.6 Å². The molecule has 0 amide bonds. The lowest BCUT2D eigenvalue weighted by Crippen LogP contribution is -2.55. The molecule has 0 bridgehead atoms. The van der Waals surface area contributed by atoms with Crippen LogP contribution in [0, 0.1) is 12.7 Å². The van der Waals surface area contributed by atoms with Gasteiger partial charge in [0.2, 0.25) is 0 Å². The van der Waals surface area contributed by atoms with Gasteiger partial charge in [0, 0.05) is 38.8 Å². The molecule has 25 heavy (non-hydrogen) atoms.